The largest absolute Gasteiger partial charge is 0.325 e. The average Bonchev–Trinajstić information content (AvgIpc) is 2.79. The van der Waals surface area contributed by atoms with Crippen molar-refractivity contribution in [2.45, 2.75) is 31.2 Å². The maximum Gasteiger partial charge on any atom is 0.237 e. The molecule has 1 amide bonds. The Morgan fingerprint density at radius 3 is 2.55 bits per heavy atom. The predicted octanol–water partition coefficient (Wildman–Crippen LogP) is 1.95. The Kier molecular flexibility index (Phi) is 4.39. The molecule has 0 aliphatic heterocycles. The standard InChI is InChI=1S/C13H17N5OS/c1-8-6-5-7-9(2)11(8)14-12(19)10(3)20-13-15-16-17-18(13)4/h5-7,10H,1-4H3,(H,14,19). The lowest BCUT2D eigenvalue weighted by atomic mass is 10.1. The van der Waals surface area contributed by atoms with Crippen LogP contribution in [0.4, 0.5) is 5.69 Å². The van der Waals surface area contributed by atoms with Gasteiger partial charge in [0.25, 0.3) is 0 Å². The number of aryl methyl sites for hydroxylation is 3. The van der Waals surface area contributed by atoms with Gasteiger partial charge in [0.1, 0.15) is 0 Å². The Morgan fingerprint density at radius 2 is 2.00 bits per heavy atom. The first-order valence-electron chi connectivity index (χ1n) is 6.25. The molecule has 1 heterocycles. The van der Waals surface area contributed by atoms with Crippen LogP contribution in [0.15, 0.2) is 23.4 Å². The van der Waals surface area contributed by atoms with Gasteiger partial charge in [-0.25, -0.2) is 4.68 Å². The van der Waals surface area contributed by atoms with E-state index in [0.717, 1.165) is 16.8 Å². The van der Waals surface area contributed by atoms with Gasteiger partial charge in [0.2, 0.25) is 11.1 Å². The van der Waals surface area contributed by atoms with Crippen molar-refractivity contribution in [3.8, 4) is 0 Å². The maximum atomic E-state index is 12.2. The van der Waals surface area contributed by atoms with E-state index in [-0.39, 0.29) is 11.2 Å². The molecule has 1 N–H and O–H groups in total. The number of nitrogens with zero attached hydrogens (tertiary/aromatic N) is 4. The van der Waals surface area contributed by atoms with Gasteiger partial charge in [-0.3, -0.25) is 4.79 Å². The summed E-state index contributed by atoms with van der Waals surface area (Å²) in [6.07, 6.45) is 0. The van der Waals surface area contributed by atoms with E-state index in [4.69, 9.17) is 0 Å². The van der Waals surface area contributed by atoms with Crippen LogP contribution in [0.1, 0.15) is 18.1 Å². The molecule has 7 heteroatoms. The van der Waals surface area contributed by atoms with Crippen molar-refractivity contribution in [2.75, 3.05) is 5.32 Å². The third-order valence-electron chi connectivity index (χ3n) is 2.96. The molecule has 0 fully saturated rings. The summed E-state index contributed by atoms with van der Waals surface area (Å²) in [6.45, 7) is 5.79. The van der Waals surface area contributed by atoms with E-state index >= 15 is 0 Å². The van der Waals surface area contributed by atoms with Crippen LogP contribution in [0.5, 0.6) is 0 Å². The van der Waals surface area contributed by atoms with Crippen molar-refractivity contribution in [3.05, 3.63) is 29.3 Å². The van der Waals surface area contributed by atoms with Crippen molar-refractivity contribution >= 4 is 23.4 Å². The van der Waals surface area contributed by atoms with E-state index in [1.165, 1.54) is 11.8 Å². The van der Waals surface area contributed by atoms with Gasteiger partial charge in [-0.05, 0) is 42.3 Å². The molecule has 0 aliphatic rings. The molecule has 1 unspecified atom stereocenters. The summed E-state index contributed by atoms with van der Waals surface area (Å²) in [5.41, 5.74) is 2.98. The molecule has 0 radical (unpaired) electrons. The van der Waals surface area contributed by atoms with Crippen LogP contribution in [0, 0.1) is 13.8 Å². The second-order valence-corrected chi connectivity index (χ2v) is 5.91. The molecule has 20 heavy (non-hydrogen) atoms. The maximum absolute atomic E-state index is 12.2. The topological polar surface area (TPSA) is 72.7 Å². The zero-order valence-corrected chi connectivity index (χ0v) is 12.7. The highest BCUT2D eigenvalue weighted by Crippen LogP contribution is 2.23. The third-order valence-corrected chi connectivity index (χ3v) is 4.09. The highest BCUT2D eigenvalue weighted by atomic mass is 32.2. The van der Waals surface area contributed by atoms with E-state index in [0.29, 0.717) is 5.16 Å². The van der Waals surface area contributed by atoms with Gasteiger partial charge in [-0.1, -0.05) is 30.0 Å². The molecule has 2 rings (SSSR count). The molecule has 0 spiro atoms. The van der Waals surface area contributed by atoms with E-state index < -0.39 is 0 Å². The zero-order chi connectivity index (χ0) is 14.7. The molecule has 1 atom stereocenters. The normalized spacial score (nSPS) is 12.2. The highest BCUT2D eigenvalue weighted by molar-refractivity contribution is 8.00. The Labute approximate surface area is 121 Å². The summed E-state index contributed by atoms with van der Waals surface area (Å²) in [6, 6.07) is 5.93. The quantitative estimate of drug-likeness (QED) is 0.872. The van der Waals surface area contributed by atoms with Crippen LogP contribution < -0.4 is 5.32 Å². The van der Waals surface area contributed by atoms with Gasteiger partial charge >= 0.3 is 0 Å². The summed E-state index contributed by atoms with van der Waals surface area (Å²) in [7, 11) is 1.75. The number of carbonyl (C=O) groups excluding carboxylic acids is 1. The number of aromatic nitrogens is 4. The number of hydrogen-bond donors (Lipinski definition) is 1. The van der Waals surface area contributed by atoms with Gasteiger partial charge in [-0.2, -0.15) is 0 Å². The zero-order valence-electron chi connectivity index (χ0n) is 11.9. The highest BCUT2D eigenvalue weighted by Gasteiger charge is 2.18. The van der Waals surface area contributed by atoms with Gasteiger partial charge in [-0.15, -0.1) is 5.10 Å². The lowest BCUT2D eigenvalue weighted by molar-refractivity contribution is -0.115. The number of anilines is 1. The Morgan fingerprint density at radius 1 is 1.35 bits per heavy atom. The monoisotopic (exact) mass is 291 g/mol. The second-order valence-electron chi connectivity index (χ2n) is 4.60. The minimum atomic E-state index is -0.279. The van der Waals surface area contributed by atoms with Crippen LogP contribution in [0.2, 0.25) is 0 Å². The second kappa shape index (κ2) is 6.04. The van der Waals surface area contributed by atoms with Crippen LogP contribution in [-0.4, -0.2) is 31.4 Å². The number of para-hydroxylation sites is 1. The molecule has 106 valence electrons. The van der Waals surface area contributed by atoms with Crippen molar-refractivity contribution < 1.29 is 4.79 Å². The van der Waals surface area contributed by atoms with Crippen LogP contribution >= 0.6 is 11.8 Å². The molecule has 0 aliphatic carbocycles. The number of carbonyl (C=O) groups is 1. The number of hydrogen-bond acceptors (Lipinski definition) is 5. The summed E-state index contributed by atoms with van der Waals surface area (Å²) >= 11 is 1.33. The number of nitrogens with one attached hydrogen (secondary N) is 1. The minimum Gasteiger partial charge on any atom is -0.325 e. The molecule has 0 saturated heterocycles. The minimum absolute atomic E-state index is 0.0598. The Balaban J connectivity index is 2.06. The first-order valence-corrected chi connectivity index (χ1v) is 7.13. The molecular weight excluding hydrogens is 274 g/mol. The number of tetrazole rings is 1. The average molecular weight is 291 g/mol. The van der Waals surface area contributed by atoms with Crippen LogP contribution in [0.25, 0.3) is 0 Å². The molecule has 1 aromatic heterocycles. The van der Waals surface area contributed by atoms with Crippen molar-refractivity contribution in [3.63, 3.8) is 0 Å². The van der Waals surface area contributed by atoms with Gasteiger partial charge in [0.05, 0.1) is 5.25 Å². The third kappa shape index (κ3) is 3.16. The van der Waals surface area contributed by atoms with Crippen LogP contribution in [-0.2, 0) is 11.8 Å². The summed E-state index contributed by atoms with van der Waals surface area (Å²) in [5.74, 6) is -0.0598. The Bertz CT molecular complexity index is 605. The Hall–Kier alpha value is -1.89. The van der Waals surface area contributed by atoms with E-state index in [1.807, 2.05) is 39.0 Å². The van der Waals surface area contributed by atoms with Gasteiger partial charge in [0.15, 0.2) is 0 Å². The lowest BCUT2D eigenvalue weighted by Crippen LogP contribution is -2.23. The number of amides is 1. The first kappa shape index (κ1) is 14.5. The number of thioether (sulfide) groups is 1. The smallest absolute Gasteiger partial charge is 0.237 e. The molecule has 0 bridgehead atoms. The molecule has 1 aromatic carbocycles. The summed E-state index contributed by atoms with van der Waals surface area (Å²) in [4.78, 5) is 12.2. The van der Waals surface area contributed by atoms with Gasteiger partial charge in [0, 0.05) is 12.7 Å². The fourth-order valence-electron chi connectivity index (χ4n) is 1.77. The fraction of sp³-hybridized carbons (Fsp3) is 0.385. The summed E-state index contributed by atoms with van der Waals surface area (Å²) < 4.78 is 1.55. The fourth-order valence-corrected chi connectivity index (χ4v) is 2.52. The van der Waals surface area contributed by atoms with Crippen molar-refractivity contribution in [1.82, 2.24) is 20.2 Å². The van der Waals surface area contributed by atoms with Crippen molar-refractivity contribution in [1.29, 1.82) is 0 Å². The van der Waals surface area contributed by atoms with Gasteiger partial charge < -0.3 is 5.32 Å². The van der Waals surface area contributed by atoms with E-state index in [2.05, 4.69) is 20.8 Å². The number of rotatable bonds is 4. The SMILES string of the molecule is Cc1cccc(C)c1NC(=O)C(C)Sc1nnnn1C. The molecule has 6 nitrogen and oxygen atoms in total. The van der Waals surface area contributed by atoms with Crippen molar-refractivity contribution in [2.24, 2.45) is 7.05 Å². The first-order chi connectivity index (χ1) is 9.49. The predicted molar refractivity (Wildman–Crippen MR) is 78.7 cm³/mol. The number of benzene rings is 1. The lowest BCUT2D eigenvalue weighted by Gasteiger charge is -2.14. The molecule has 2 aromatic rings. The molecular formula is C13H17N5OS. The van der Waals surface area contributed by atoms with Crippen LogP contribution in [0.3, 0.4) is 0 Å². The van der Waals surface area contributed by atoms with E-state index in [9.17, 15) is 4.79 Å². The molecule has 0 saturated carbocycles. The van der Waals surface area contributed by atoms with E-state index in [1.54, 1.807) is 11.7 Å². The summed E-state index contributed by atoms with van der Waals surface area (Å²) in [5, 5.41) is 14.5.